The molecular weight excluding hydrogens is 290 g/mol. The molecule has 0 aliphatic heterocycles. The second-order valence-corrected chi connectivity index (χ2v) is 7.36. The van der Waals surface area contributed by atoms with Gasteiger partial charge in [0.25, 0.3) is 0 Å². The van der Waals surface area contributed by atoms with E-state index in [4.69, 9.17) is 9.73 Å². The van der Waals surface area contributed by atoms with E-state index in [1.165, 1.54) is 6.42 Å². The number of aliphatic hydroxyl groups excluding tert-OH is 1. The first-order valence-electron chi connectivity index (χ1n) is 9.26. The highest BCUT2D eigenvalue weighted by molar-refractivity contribution is 5.79. The molecule has 1 aliphatic rings. The van der Waals surface area contributed by atoms with Crippen LogP contribution in [0, 0.1) is 11.3 Å². The fourth-order valence-corrected chi connectivity index (χ4v) is 2.87. The number of nitrogens with one attached hydrogen (secondary N) is 2. The van der Waals surface area contributed by atoms with Gasteiger partial charge in [-0.15, -0.1) is 0 Å². The molecule has 0 aromatic carbocycles. The molecule has 1 rings (SSSR count). The Kier molecular flexibility index (Phi) is 9.56. The summed E-state index contributed by atoms with van der Waals surface area (Å²) in [5.41, 5.74) is -0.0824. The Labute approximate surface area is 142 Å². The fourth-order valence-electron chi connectivity index (χ4n) is 2.87. The topological polar surface area (TPSA) is 65.9 Å². The molecule has 0 aromatic rings. The van der Waals surface area contributed by atoms with Crippen LogP contribution in [-0.2, 0) is 4.74 Å². The Morgan fingerprint density at radius 3 is 2.78 bits per heavy atom. The number of nitrogens with zero attached hydrogens (tertiary/aromatic N) is 1. The van der Waals surface area contributed by atoms with Gasteiger partial charge in [-0.05, 0) is 32.1 Å². The van der Waals surface area contributed by atoms with Gasteiger partial charge >= 0.3 is 0 Å². The molecule has 0 saturated heterocycles. The molecule has 0 aromatic heterocycles. The minimum atomic E-state index is -0.229. The highest BCUT2D eigenvalue weighted by Gasteiger charge is 2.35. The van der Waals surface area contributed by atoms with E-state index in [0.717, 1.165) is 57.9 Å². The third-order valence-electron chi connectivity index (χ3n) is 4.43. The van der Waals surface area contributed by atoms with Crippen molar-refractivity contribution in [3.8, 4) is 0 Å². The average molecular weight is 328 g/mol. The van der Waals surface area contributed by atoms with Crippen LogP contribution in [0.3, 0.4) is 0 Å². The molecule has 0 radical (unpaired) electrons. The van der Waals surface area contributed by atoms with Gasteiger partial charge in [0.2, 0.25) is 0 Å². The van der Waals surface area contributed by atoms with E-state index in [1.807, 2.05) is 0 Å². The summed E-state index contributed by atoms with van der Waals surface area (Å²) >= 11 is 0. The van der Waals surface area contributed by atoms with Crippen LogP contribution in [0.1, 0.15) is 59.8 Å². The predicted molar refractivity (Wildman–Crippen MR) is 96.8 cm³/mol. The van der Waals surface area contributed by atoms with E-state index in [0.29, 0.717) is 12.5 Å². The summed E-state index contributed by atoms with van der Waals surface area (Å²) in [6, 6.07) is 0. The Bertz CT molecular complexity index is 347. The molecule has 1 saturated carbocycles. The summed E-state index contributed by atoms with van der Waals surface area (Å²) in [4.78, 5) is 4.70. The lowest BCUT2D eigenvalue weighted by Gasteiger charge is -2.37. The van der Waals surface area contributed by atoms with Gasteiger partial charge in [-0.1, -0.05) is 33.6 Å². The van der Waals surface area contributed by atoms with Gasteiger partial charge in [-0.2, -0.15) is 0 Å². The zero-order chi connectivity index (χ0) is 17.1. The minimum absolute atomic E-state index is 0.0824. The number of ether oxygens (including phenoxy) is 1. The van der Waals surface area contributed by atoms with E-state index in [1.54, 1.807) is 0 Å². The molecular formula is C18H37N3O2. The first-order valence-corrected chi connectivity index (χ1v) is 9.26. The maximum Gasteiger partial charge on any atom is 0.191 e. The Morgan fingerprint density at radius 2 is 2.13 bits per heavy atom. The van der Waals surface area contributed by atoms with Crippen molar-refractivity contribution < 1.29 is 9.84 Å². The highest BCUT2D eigenvalue weighted by atomic mass is 16.5. The molecule has 1 fully saturated rings. The number of aliphatic imine (C=N–C) groups is 1. The van der Waals surface area contributed by atoms with Gasteiger partial charge in [0.05, 0.1) is 12.6 Å². The third kappa shape index (κ3) is 8.02. The van der Waals surface area contributed by atoms with E-state index in [9.17, 15) is 5.11 Å². The summed E-state index contributed by atoms with van der Waals surface area (Å²) in [6.45, 7) is 12.5. The average Bonchev–Trinajstić information content (AvgIpc) is 2.51. The lowest BCUT2D eigenvalue weighted by molar-refractivity contribution is 0.00716. The molecule has 0 spiro atoms. The molecule has 2 atom stereocenters. The lowest BCUT2D eigenvalue weighted by atomic mass is 9.73. The minimum Gasteiger partial charge on any atom is -0.392 e. The number of hydrogen-bond donors (Lipinski definition) is 3. The molecule has 0 amide bonds. The van der Waals surface area contributed by atoms with Crippen LogP contribution in [0.15, 0.2) is 4.99 Å². The first kappa shape index (κ1) is 20.2. The van der Waals surface area contributed by atoms with Gasteiger partial charge in [-0.25, -0.2) is 0 Å². The standard InChI is InChI=1S/C18H37N3O2/c1-5-19-17(20-11-8-12-23-13-15(2)3)21-14-18(4)10-7-6-9-16(18)22/h15-16,22H,5-14H2,1-4H3,(H2,19,20,21). The van der Waals surface area contributed by atoms with Crippen molar-refractivity contribution in [3.05, 3.63) is 0 Å². The van der Waals surface area contributed by atoms with Crippen molar-refractivity contribution in [1.82, 2.24) is 10.6 Å². The van der Waals surface area contributed by atoms with Crippen LogP contribution < -0.4 is 10.6 Å². The van der Waals surface area contributed by atoms with Crippen LogP contribution in [-0.4, -0.2) is 50.0 Å². The van der Waals surface area contributed by atoms with Crippen molar-refractivity contribution in [3.63, 3.8) is 0 Å². The maximum atomic E-state index is 10.3. The Hall–Kier alpha value is -0.810. The first-order chi connectivity index (χ1) is 11.0. The molecule has 0 bridgehead atoms. The number of rotatable bonds is 9. The largest absolute Gasteiger partial charge is 0.392 e. The second-order valence-electron chi connectivity index (χ2n) is 7.36. The second kappa shape index (κ2) is 10.9. The van der Waals surface area contributed by atoms with Crippen molar-refractivity contribution in [2.75, 3.05) is 32.8 Å². The van der Waals surface area contributed by atoms with Crippen LogP contribution in [0.2, 0.25) is 0 Å². The van der Waals surface area contributed by atoms with Crippen molar-refractivity contribution in [2.24, 2.45) is 16.3 Å². The molecule has 0 heterocycles. The molecule has 5 heteroatoms. The van der Waals surface area contributed by atoms with Gasteiger partial charge < -0.3 is 20.5 Å². The number of hydrogen-bond acceptors (Lipinski definition) is 3. The van der Waals surface area contributed by atoms with Crippen LogP contribution in [0.25, 0.3) is 0 Å². The van der Waals surface area contributed by atoms with Crippen LogP contribution in [0.5, 0.6) is 0 Å². The van der Waals surface area contributed by atoms with Crippen LogP contribution in [0.4, 0.5) is 0 Å². The number of guanidine groups is 1. The summed E-state index contributed by atoms with van der Waals surface area (Å²) in [6.07, 6.45) is 5.03. The Balaban J connectivity index is 2.35. The van der Waals surface area contributed by atoms with Gasteiger partial charge in [-0.3, -0.25) is 4.99 Å². The number of aliphatic hydroxyl groups is 1. The predicted octanol–water partition coefficient (Wildman–Crippen LogP) is 2.55. The summed E-state index contributed by atoms with van der Waals surface area (Å²) < 4.78 is 5.59. The summed E-state index contributed by atoms with van der Waals surface area (Å²) in [5.74, 6) is 1.43. The fraction of sp³-hybridized carbons (Fsp3) is 0.944. The lowest BCUT2D eigenvalue weighted by Crippen LogP contribution is -2.42. The summed E-state index contributed by atoms with van der Waals surface area (Å²) in [7, 11) is 0. The van der Waals surface area contributed by atoms with Crippen molar-refractivity contribution in [2.45, 2.75) is 65.9 Å². The van der Waals surface area contributed by atoms with E-state index in [-0.39, 0.29) is 11.5 Å². The zero-order valence-electron chi connectivity index (χ0n) is 15.5. The Morgan fingerprint density at radius 1 is 1.35 bits per heavy atom. The third-order valence-corrected chi connectivity index (χ3v) is 4.43. The molecule has 1 aliphatic carbocycles. The van der Waals surface area contributed by atoms with Crippen molar-refractivity contribution in [1.29, 1.82) is 0 Å². The molecule has 3 N–H and O–H groups in total. The van der Waals surface area contributed by atoms with Gasteiger partial charge in [0.1, 0.15) is 0 Å². The van der Waals surface area contributed by atoms with Crippen molar-refractivity contribution >= 4 is 5.96 Å². The smallest absolute Gasteiger partial charge is 0.191 e. The van der Waals surface area contributed by atoms with Crippen LogP contribution >= 0.6 is 0 Å². The van der Waals surface area contributed by atoms with E-state index in [2.05, 4.69) is 38.3 Å². The molecule has 2 unspecified atom stereocenters. The van der Waals surface area contributed by atoms with E-state index >= 15 is 0 Å². The highest BCUT2D eigenvalue weighted by Crippen LogP contribution is 2.36. The maximum absolute atomic E-state index is 10.3. The SMILES string of the molecule is CCNC(=NCC1(C)CCCCC1O)NCCCOCC(C)C. The molecule has 136 valence electrons. The molecule has 23 heavy (non-hydrogen) atoms. The van der Waals surface area contributed by atoms with E-state index < -0.39 is 0 Å². The van der Waals surface area contributed by atoms with Gasteiger partial charge in [0, 0.05) is 31.7 Å². The summed E-state index contributed by atoms with van der Waals surface area (Å²) in [5, 5.41) is 16.9. The van der Waals surface area contributed by atoms with Gasteiger partial charge in [0.15, 0.2) is 5.96 Å². The quantitative estimate of drug-likeness (QED) is 0.346. The normalized spacial score (nSPS) is 25.7. The monoisotopic (exact) mass is 327 g/mol. The molecule has 5 nitrogen and oxygen atoms in total. The zero-order valence-corrected chi connectivity index (χ0v) is 15.5.